The van der Waals surface area contributed by atoms with Crippen molar-refractivity contribution in [2.24, 2.45) is 0 Å². The molecular formula is C25H25N5O2. The zero-order chi connectivity index (χ0) is 22.2. The largest absolute Gasteiger partial charge is 0.309 e. The van der Waals surface area contributed by atoms with Crippen molar-refractivity contribution in [1.29, 1.82) is 0 Å². The molecule has 0 radical (unpaired) electrons. The second-order valence-corrected chi connectivity index (χ2v) is 8.37. The van der Waals surface area contributed by atoms with Crippen LogP contribution in [-0.2, 0) is 17.8 Å². The van der Waals surface area contributed by atoms with Crippen LogP contribution in [0.15, 0.2) is 59.5 Å². The van der Waals surface area contributed by atoms with E-state index >= 15 is 0 Å². The zero-order valence-corrected chi connectivity index (χ0v) is 18.2. The van der Waals surface area contributed by atoms with Crippen molar-refractivity contribution in [2.45, 2.75) is 45.7 Å². The van der Waals surface area contributed by atoms with Crippen LogP contribution in [0, 0.1) is 13.8 Å². The van der Waals surface area contributed by atoms with Crippen molar-refractivity contribution in [2.75, 3.05) is 5.32 Å². The lowest BCUT2D eigenvalue weighted by Gasteiger charge is -2.27. The zero-order valence-electron chi connectivity index (χ0n) is 18.2. The van der Waals surface area contributed by atoms with Gasteiger partial charge < -0.3 is 5.32 Å². The molecule has 0 saturated carbocycles. The Labute approximate surface area is 185 Å². The standard InChI is InChI=1S/C25H25N5O2/c1-16-14-26-30(22-13-7-9-18-8-3-4-11-20(18)22)24(16)27-23(31)15-29-25(32)21-12-6-5-10-19(21)17(2)28-29/h3-6,8,10-12,14,22H,7,9,13,15H2,1-2H3,(H,27,31). The molecule has 5 rings (SSSR count). The fraction of sp³-hybridized carbons (Fsp3) is 0.280. The van der Waals surface area contributed by atoms with Crippen molar-refractivity contribution in [3.63, 3.8) is 0 Å². The minimum Gasteiger partial charge on any atom is -0.309 e. The van der Waals surface area contributed by atoms with Crippen LogP contribution in [-0.4, -0.2) is 25.5 Å². The Bertz CT molecular complexity index is 1380. The number of benzene rings is 2. The highest BCUT2D eigenvalue weighted by Crippen LogP contribution is 2.35. The summed E-state index contributed by atoms with van der Waals surface area (Å²) in [5, 5.41) is 13.3. The molecule has 4 aromatic rings. The quantitative estimate of drug-likeness (QED) is 0.537. The summed E-state index contributed by atoms with van der Waals surface area (Å²) in [5.74, 6) is 0.366. The molecule has 2 aromatic carbocycles. The average molecular weight is 428 g/mol. The first-order chi connectivity index (χ1) is 15.5. The molecule has 0 bridgehead atoms. The SMILES string of the molecule is Cc1cnn(C2CCCc3ccccc32)c1NC(=O)Cn1nc(C)c2ccccc2c1=O. The molecular weight excluding hydrogens is 402 g/mol. The van der Waals surface area contributed by atoms with Crippen LogP contribution in [0.25, 0.3) is 10.8 Å². The lowest BCUT2D eigenvalue weighted by atomic mass is 9.88. The van der Waals surface area contributed by atoms with Gasteiger partial charge in [0.1, 0.15) is 12.4 Å². The molecule has 0 aliphatic heterocycles. The monoisotopic (exact) mass is 427 g/mol. The minimum atomic E-state index is -0.303. The number of carbonyl (C=O) groups excluding carboxylic acids is 1. The molecule has 0 spiro atoms. The van der Waals surface area contributed by atoms with Crippen LogP contribution in [0.1, 0.15) is 41.3 Å². The van der Waals surface area contributed by atoms with Crippen molar-refractivity contribution in [3.05, 3.63) is 87.5 Å². The van der Waals surface area contributed by atoms with E-state index in [0.29, 0.717) is 16.9 Å². The highest BCUT2D eigenvalue weighted by molar-refractivity contribution is 5.90. The Hall–Kier alpha value is -3.74. The van der Waals surface area contributed by atoms with Crippen LogP contribution < -0.4 is 10.9 Å². The second kappa shape index (κ2) is 8.07. The van der Waals surface area contributed by atoms with Gasteiger partial charge in [-0.25, -0.2) is 9.36 Å². The van der Waals surface area contributed by atoms with Gasteiger partial charge in [-0.05, 0) is 50.3 Å². The molecule has 7 heteroatoms. The van der Waals surface area contributed by atoms with E-state index < -0.39 is 0 Å². The van der Waals surface area contributed by atoms with Gasteiger partial charge in [-0.15, -0.1) is 0 Å². The van der Waals surface area contributed by atoms with E-state index in [1.54, 1.807) is 12.3 Å². The predicted octanol–water partition coefficient (Wildman–Crippen LogP) is 3.77. The molecule has 0 fully saturated rings. The number of nitrogens with one attached hydrogen (secondary N) is 1. The number of nitrogens with zero attached hydrogens (tertiary/aromatic N) is 4. The maximum absolute atomic E-state index is 13.0. The molecule has 1 aliphatic carbocycles. The van der Waals surface area contributed by atoms with Crippen molar-refractivity contribution < 1.29 is 4.79 Å². The van der Waals surface area contributed by atoms with Gasteiger partial charge in [0.15, 0.2) is 0 Å². The van der Waals surface area contributed by atoms with E-state index in [2.05, 4.69) is 33.7 Å². The summed E-state index contributed by atoms with van der Waals surface area (Å²) in [7, 11) is 0. The summed E-state index contributed by atoms with van der Waals surface area (Å²) in [6.07, 6.45) is 4.87. The summed E-state index contributed by atoms with van der Waals surface area (Å²) < 4.78 is 3.14. The van der Waals surface area contributed by atoms with E-state index in [1.165, 1.54) is 15.8 Å². The molecule has 1 N–H and O–H groups in total. The molecule has 162 valence electrons. The fourth-order valence-electron chi connectivity index (χ4n) is 4.64. The number of rotatable bonds is 4. The van der Waals surface area contributed by atoms with Crippen LogP contribution in [0.2, 0.25) is 0 Å². The van der Waals surface area contributed by atoms with Crippen molar-refractivity contribution in [1.82, 2.24) is 19.6 Å². The van der Waals surface area contributed by atoms with Gasteiger partial charge in [-0.1, -0.05) is 42.5 Å². The number of carbonyl (C=O) groups is 1. The molecule has 1 aliphatic rings. The molecule has 32 heavy (non-hydrogen) atoms. The average Bonchev–Trinajstić information content (AvgIpc) is 3.16. The lowest BCUT2D eigenvalue weighted by Crippen LogP contribution is -2.31. The molecule has 1 unspecified atom stereocenters. The summed E-state index contributed by atoms with van der Waals surface area (Å²) in [6.45, 7) is 3.62. The van der Waals surface area contributed by atoms with E-state index in [9.17, 15) is 9.59 Å². The molecule has 7 nitrogen and oxygen atoms in total. The molecule has 1 atom stereocenters. The smallest absolute Gasteiger partial charge is 0.275 e. The third kappa shape index (κ3) is 3.49. The van der Waals surface area contributed by atoms with Gasteiger partial charge in [0.2, 0.25) is 5.91 Å². The van der Waals surface area contributed by atoms with Gasteiger partial charge in [0.05, 0.1) is 23.3 Å². The normalized spacial score (nSPS) is 15.5. The van der Waals surface area contributed by atoms with Crippen molar-refractivity contribution in [3.8, 4) is 0 Å². The number of fused-ring (bicyclic) bond motifs is 2. The maximum atomic E-state index is 13.0. The van der Waals surface area contributed by atoms with E-state index in [0.717, 1.165) is 30.2 Å². The number of hydrogen-bond acceptors (Lipinski definition) is 4. The first-order valence-electron chi connectivity index (χ1n) is 10.9. The molecule has 1 amide bonds. The first-order valence-corrected chi connectivity index (χ1v) is 10.9. The highest BCUT2D eigenvalue weighted by Gasteiger charge is 2.25. The van der Waals surface area contributed by atoms with Gasteiger partial charge in [-0.2, -0.15) is 10.2 Å². The van der Waals surface area contributed by atoms with Gasteiger partial charge >= 0.3 is 0 Å². The minimum absolute atomic E-state index is 0.0766. The van der Waals surface area contributed by atoms with E-state index in [-0.39, 0.29) is 24.1 Å². The predicted molar refractivity (Wildman–Crippen MR) is 124 cm³/mol. The summed E-state index contributed by atoms with van der Waals surface area (Å²) in [4.78, 5) is 25.8. The van der Waals surface area contributed by atoms with E-state index in [1.807, 2.05) is 42.8 Å². The third-order valence-electron chi connectivity index (χ3n) is 6.21. The Morgan fingerprint density at radius 2 is 1.84 bits per heavy atom. The Morgan fingerprint density at radius 3 is 2.69 bits per heavy atom. The molecule has 0 saturated heterocycles. The second-order valence-electron chi connectivity index (χ2n) is 8.37. The third-order valence-corrected chi connectivity index (χ3v) is 6.21. The molecule has 2 heterocycles. The highest BCUT2D eigenvalue weighted by atomic mass is 16.2. The summed E-state index contributed by atoms with van der Waals surface area (Å²) in [6, 6.07) is 15.8. The van der Waals surface area contributed by atoms with Gasteiger partial charge in [0.25, 0.3) is 5.56 Å². The lowest BCUT2D eigenvalue weighted by molar-refractivity contribution is -0.117. The van der Waals surface area contributed by atoms with Crippen LogP contribution >= 0.6 is 0 Å². The first kappa shape index (κ1) is 20.2. The number of aromatic nitrogens is 4. The summed E-state index contributed by atoms with van der Waals surface area (Å²) >= 11 is 0. The number of aryl methyl sites for hydroxylation is 3. The van der Waals surface area contributed by atoms with Gasteiger partial charge in [-0.3, -0.25) is 9.59 Å². The number of anilines is 1. The van der Waals surface area contributed by atoms with Crippen LogP contribution in [0.4, 0.5) is 5.82 Å². The number of amides is 1. The topological polar surface area (TPSA) is 81.8 Å². The Balaban J connectivity index is 1.44. The maximum Gasteiger partial charge on any atom is 0.275 e. The Kier molecular flexibility index (Phi) is 5.09. The van der Waals surface area contributed by atoms with Crippen LogP contribution in [0.5, 0.6) is 0 Å². The van der Waals surface area contributed by atoms with Gasteiger partial charge in [0, 0.05) is 10.9 Å². The Morgan fingerprint density at radius 1 is 1.09 bits per heavy atom. The number of hydrogen-bond donors (Lipinski definition) is 1. The molecule has 2 aromatic heterocycles. The van der Waals surface area contributed by atoms with E-state index in [4.69, 9.17) is 0 Å². The van der Waals surface area contributed by atoms with Crippen LogP contribution in [0.3, 0.4) is 0 Å². The van der Waals surface area contributed by atoms with Crippen molar-refractivity contribution >= 4 is 22.5 Å². The fourth-order valence-corrected chi connectivity index (χ4v) is 4.64. The summed E-state index contributed by atoms with van der Waals surface area (Å²) in [5.41, 5.74) is 3.91.